The number of amides is 18. The largest absolute Gasteiger partial charge is 0.394 e. The third-order valence-electron chi connectivity index (χ3n) is 24.2. The van der Waals surface area contributed by atoms with Crippen LogP contribution in [0.25, 0.3) is 10.9 Å². The van der Waals surface area contributed by atoms with Gasteiger partial charge in [0.15, 0.2) is 0 Å². The Kier molecular flexibility index (Phi) is 38.0. The van der Waals surface area contributed by atoms with Crippen molar-refractivity contribution in [2.45, 2.75) is 321 Å². The number of aromatic amines is 1. The van der Waals surface area contributed by atoms with E-state index in [1.165, 1.54) is 74.1 Å². The summed E-state index contributed by atoms with van der Waals surface area (Å²) in [6.45, 7) is 24.5. The number of rotatable bonds is 46. The molecule has 1 aromatic heterocycles. The van der Waals surface area contributed by atoms with Crippen LogP contribution in [0.2, 0.25) is 0 Å². The Morgan fingerprint density at radius 3 is 1.46 bits per heavy atom. The van der Waals surface area contributed by atoms with Gasteiger partial charge in [0.05, 0.1) is 31.0 Å². The molecule has 22 N–H and O–H groups in total. The Morgan fingerprint density at radius 2 is 0.938 bits per heavy atom. The number of β-amino-alcohol motifs (C(OH)–C–C–N with tert-alkyl or cyclic N) is 2. The lowest BCUT2D eigenvalue weighted by Crippen LogP contribution is -2.67. The van der Waals surface area contributed by atoms with Crippen molar-refractivity contribution < 1.29 is 107 Å². The molecule has 3 aliphatic rings. The number of benzene rings is 2. The van der Waals surface area contributed by atoms with Gasteiger partial charge in [-0.05, 0) is 143 Å². The number of hydrogen-bond acceptors (Lipinski definition) is 22. The van der Waals surface area contributed by atoms with Crippen LogP contribution in [0.15, 0.2) is 60.8 Å². The summed E-state index contributed by atoms with van der Waals surface area (Å²) in [4.78, 5) is 259. The van der Waals surface area contributed by atoms with Gasteiger partial charge in [-0.3, -0.25) is 86.3 Å². The van der Waals surface area contributed by atoms with Crippen molar-refractivity contribution in [3.05, 3.63) is 71.9 Å². The van der Waals surface area contributed by atoms with Gasteiger partial charge in [0.2, 0.25) is 106 Å². The molecule has 41 nitrogen and oxygen atoms in total. The number of carbonyl (C=O) groups is 18. The van der Waals surface area contributed by atoms with E-state index in [2.05, 4.69) is 74.1 Å². The molecule has 0 spiro atoms. The van der Waals surface area contributed by atoms with E-state index in [9.17, 15) is 107 Å². The molecule has 3 fully saturated rings. The number of aromatic nitrogens is 1. The number of fused-ring (bicyclic) bond motifs is 1. The minimum atomic E-state index is -1.98. The summed E-state index contributed by atoms with van der Waals surface area (Å²) in [6, 6.07) is 1.46. The second kappa shape index (κ2) is 46.2. The zero-order chi connectivity index (χ0) is 97.7. The van der Waals surface area contributed by atoms with E-state index in [1.54, 1.807) is 54.7 Å². The molecule has 3 aliphatic heterocycles. The Bertz CT molecular complexity index is 4610. The van der Waals surface area contributed by atoms with E-state index >= 15 is 0 Å². The Balaban J connectivity index is 1.08. The van der Waals surface area contributed by atoms with Crippen LogP contribution in [0.5, 0.6) is 0 Å². The fraction of sp³-hybridized carbons (Fsp3) is 0.640. The number of nitrogens with two attached hydrogens (primary N) is 2. The molecule has 0 bridgehead atoms. The molecule has 41 heteroatoms. The second-order valence-electron chi connectivity index (χ2n) is 37.2. The van der Waals surface area contributed by atoms with Gasteiger partial charge in [0.25, 0.3) is 0 Å². The molecule has 6 rings (SSSR count). The lowest BCUT2D eigenvalue weighted by molar-refractivity contribution is -0.148. The molecule has 2 aromatic carbocycles. The number of aliphatic hydroxyl groups is 4. The molecule has 17 atom stereocenters. The molecule has 0 aliphatic carbocycles. The van der Waals surface area contributed by atoms with Gasteiger partial charge in [-0.25, -0.2) is 0 Å². The standard InChI is InChI=1S/C89H137N19O22/c1-19-47(6)67(97-70(116)60(93-50(9)111)39-52-42-92-57-31-26-25-30-56(52)57)76(122)96-59(34-36-65(91)115)72(118)105-89(18,21-3)81(127)100-68(48(7)20-2)77(123)98-69(49(8)110)79(125)103-85(10,11)80(126)99-66(46(4)5)78(124)104-88(16,17)84(130)107-43-54(112)40-62(107)74(120)95-58(33-35-64(90)114)71(117)101-87(14,15)83(129)108-44-55(113)41-63(108)75(121)102-86(12,13)82(128)106-37-27-32-61(106)73(119)94-53(45-109)38-51-28-23-22-24-29-51/h22-26,28-31,42,46-49,53-55,58-63,66-69,92,109-110,112-113H,19-21,27,32-41,43-45H2,1-18H3,(H2,90,114)(H2,91,115)(H,93,111)(H,94,119)(H,95,120)(H,96,122)(H,97,116)(H,98,123)(H,99,126)(H,100,127)(H,101,117)(H,102,121)(H,103,125)(H,104,124)(H,105,118)/t47?,48?,49-,53?,54?,55?,58?,59?,60?,61?,62?,63?,66?,67?,68?,69+,89?/m1/s1. The fourth-order valence-corrected chi connectivity index (χ4v) is 15.8. The van der Waals surface area contributed by atoms with Crippen molar-refractivity contribution in [2.75, 3.05) is 26.2 Å². The predicted molar refractivity (Wildman–Crippen MR) is 475 cm³/mol. The third-order valence-corrected chi connectivity index (χ3v) is 24.2. The highest BCUT2D eigenvalue weighted by Gasteiger charge is 2.52. The first-order valence-electron chi connectivity index (χ1n) is 44.3. The molecular weight excluding hydrogens is 1690 g/mol. The van der Waals surface area contributed by atoms with E-state index in [4.69, 9.17) is 11.5 Å². The van der Waals surface area contributed by atoms with Crippen LogP contribution in [0.4, 0.5) is 0 Å². The Labute approximate surface area is 757 Å². The van der Waals surface area contributed by atoms with Gasteiger partial charge in [0, 0.05) is 75.8 Å². The van der Waals surface area contributed by atoms with Gasteiger partial charge in [-0.15, -0.1) is 0 Å². The number of nitrogens with one attached hydrogen (secondary N) is 14. The Morgan fingerprint density at radius 1 is 0.477 bits per heavy atom. The zero-order valence-electron chi connectivity index (χ0n) is 77.7. The van der Waals surface area contributed by atoms with Crippen molar-refractivity contribution in [2.24, 2.45) is 29.2 Å². The highest BCUT2D eigenvalue weighted by atomic mass is 16.3. The smallest absolute Gasteiger partial charge is 0.248 e. The minimum Gasteiger partial charge on any atom is -0.394 e. The third kappa shape index (κ3) is 28.6. The molecule has 15 unspecified atom stereocenters. The van der Waals surface area contributed by atoms with Gasteiger partial charge < -0.3 is 121 Å². The number of carbonyl (C=O) groups excluding carboxylic acids is 18. The normalized spacial score (nSPS) is 19.5. The summed E-state index contributed by atoms with van der Waals surface area (Å²) in [7, 11) is 0. The summed E-state index contributed by atoms with van der Waals surface area (Å²) < 4.78 is 0. The monoisotopic (exact) mass is 1820 g/mol. The van der Waals surface area contributed by atoms with Crippen LogP contribution in [0.3, 0.4) is 0 Å². The van der Waals surface area contributed by atoms with E-state index in [-0.39, 0.29) is 45.3 Å². The molecule has 0 saturated carbocycles. The number of likely N-dealkylation sites (tertiary alicyclic amines) is 3. The lowest BCUT2D eigenvalue weighted by Gasteiger charge is -2.37. The molecular formula is C89H137N19O22. The Hall–Kier alpha value is -11.7. The van der Waals surface area contributed by atoms with Crippen LogP contribution in [0.1, 0.15) is 206 Å². The van der Waals surface area contributed by atoms with Crippen molar-refractivity contribution in [3.63, 3.8) is 0 Å². The molecule has 4 heterocycles. The maximum absolute atomic E-state index is 14.7. The number of para-hydroxylation sites is 1. The van der Waals surface area contributed by atoms with E-state index in [1.807, 2.05) is 54.6 Å². The lowest BCUT2D eigenvalue weighted by atomic mass is 9.92. The maximum Gasteiger partial charge on any atom is 0.248 e. The number of primary amides is 2. The average Bonchev–Trinajstić information content (AvgIpc) is 1.62. The van der Waals surface area contributed by atoms with Gasteiger partial charge >= 0.3 is 0 Å². The van der Waals surface area contributed by atoms with Crippen molar-refractivity contribution in [3.8, 4) is 0 Å². The van der Waals surface area contributed by atoms with Gasteiger partial charge in [-0.1, -0.05) is 110 Å². The van der Waals surface area contributed by atoms with Gasteiger partial charge in [-0.2, -0.15) is 0 Å². The quantitative estimate of drug-likeness (QED) is 0.0273. The summed E-state index contributed by atoms with van der Waals surface area (Å²) in [5, 5.41) is 78.2. The zero-order valence-corrected chi connectivity index (χ0v) is 77.7. The molecule has 18 amide bonds. The fourth-order valence-electron chi connectivity index (χ4n) is 15.8. The summed E-state index contributed by atoms with van der Waals surface area (Å²) in [5.74, 6) is -17.7. The summed E-state index contributed by atoms with van der Waals surface area (Å²) in [6.07, 6.45) is -3.53. The topological polar surface area (TPSA) is 622 Å². The molecule has 720 valence electrons. The minimum absolute atomic E-state index is 0.0320. The van der Waals surface area contributed by atoms with E-state index in [0.29, 0.717) is 31.2 Å². The van der Waals surface area contributed by atoms with Crippen molar-refractivity contribution >= 4 is 117 Å². The van der Waals surface area contributed by atoms with E-state index in [0.717, 1.165) is 33.2 Å². The molecule has 0 radical (unpaired) electrons. The second-order valence-corrected chi connectivity index (χ2v) is 37.2. The summed E-state index contributed by atoms with van der Waals surface area (Å²) in [5.41, 5.74) is 3.96. The molecule has 130 heavy (non-hydrogen) atoms. The predicted octanol–water partition coefficient (Wildman–Crippen LogP) is -2.72. The number of H-pyrrole nitrogens is 1. The highest BCUT2D eigenvalue weighted by Crippen LogP contribution is 2.30. The number of nitrogens with zero attached hydrogens (tertiary/aromatic N) is 3. The van der Waals surface area contributed by atoms with Crippen LogP contribution < -0.4 is 80.6 Å². The number of aliphatic hydroxyl groups excluding tert-OH is 4. The first-order valence-corrected chi connectivity index (χ1v) is 44.3. The maximum atomic E-state index is 14.7. The van der Waals surface area contributed by atoms with Crippen LogP contribution in [-0.2, 0) is 99.1 Å². The average molecular weight is 1830 g/mol. The van der Waals surface area contributed by atoms with Crippen LogP contribution in [0, 0.1) is 17.8 Å². The highest BCUT2D eigenvalue weighted by molar-refractivity contribution is 6.04. The van der Waals surface area contributed by atoms with Crippen molar-refractivity contribution in [1.29, 1.82) is 0 Å². The first-order chi connectivity index (χ1) is 60.6. The molecule has 3 saturated heterocycles. The van der Waals surface area contributed by atoms with Crippen LogP contribution in [-0.4, -0.2) is 285 Å². The number of hydrogen-bond donors (Lipinski definition) is 20. The first kappa shape index (κ1) is 107. The van der Waals surface area contributed by atoms with Gasteiger partial charge in [0.1, 0.15) is 88.1 Å². The summed E-state index contributed by atoms with van der Waals surface area (Å²) >= 11 is 0. The molecule has 3 aromatic rings. The van der Waals surface area contributed by atoms with Crippen LogP contribution >= 0.6 is 0 Å². The SMILES string of the molecule is CCC(C)C(NC(=O)C(Cc1c[nH]c2ccccc12)NC(C)=O)C(=O)NC(CCC(N)=O)C(=O)NC(C)(CC)C(=O)NC(C(=O)N[C@H](C(=O)NC(C)(C)C(=O)NC(C(=O)NC(C)(C)C(=O)N1CC(O)CC1C(=O)NC(CCC(N)=O)C(=O)NC(C)(C)C(=O)N1CC(O)CC1C(=O)NC(C)(C)C(=O)N1CCCC1C(=O)NC(CO)Cc1ccccc1)C(C)C)[C@@H](C)O)C(C)CC. The van der Waals surface area contributed by atoms with Crippen molar-refractivity contribution in [1.82, 2.24) is 88.8 Å². The van der Waals surface area contributed by atoms with E-state index < -0.39 is 275 Å².